The summed E-state index contributed by atoms with van der Waals surface area (Å²) >= 11 is 1.61. The molecular formula is C33H33FN4O3S. The number of thiazole rings is 1. The summed E-state index contributed by atoms with van der Waals surface area (Å²) in [4.78, 5) is 26.7. The third-order valence-corrected chi connectivity index (χ3v) is 11.4. The molecular weight excluding hydrogens is 551 g/mol. The van der Waals surface area contributed by atoms with Crippen molar-refractivity contribution in [2.75, 3.05) is 19.0 Å². The summed E-state index contributed by atoms with van der Waals surface area (Å²) in [6, 6.07) is 9.58. The summed E-state index contributed by atoms with van der Waals surface area (Å²) in [5, 5.41) is 4.25. The third kappa shape index (κ3) is 4.00. The lowest BCUT2D eigenvalue weighted by Crippen LogP contribution is -2.58. The lowest BCUT2D eigenvalue weighted by atomic mass is 9.44. The predicted octanol–water partition coefficient (Wildman–Crippen LogP) is 6.98. The average Bonchev–Trinajstić information content (AvgIpc) is 3.33. The molecule has 2 aromatic carbocycles. The van der Waals surface area contributed by atoms with E-state index in [1.54, 1.807) is 24.5 Å². The summed E-state index contributed by atoms with van der Waals surface area (Å²) in [6.45, 7) is 2.54. The van der Waals surface area contributed by atoms with Crippen LogP contribution in [0.4, 0.5) is 10.1 Å². The molecule has 2 aromatic heterocycles. The van der Waals surface area contributed by atoms with Crippen molar-refractivity contribution >= 4 is 33.1 Å². The van der Waals surface area contributed by atoms with Crippen molar-refractivity contribution in [2.45, 2.75) is 63.9 Å². The molecule has 0 spiro atoms. The Kier molecular flexibility index (Phi) is 5.79. The minimum absolute atomic E-state index is 0.0805. The number of methoxy groups -OCH3 is 1. The van der Waals surface area contributed by atoms with E-state index in [0.29, 0.717) is 30.5 Å². The van der Waals surface area contributed by atoms with Gasteiger partial charge in [-0.1, -0.05) is 6.07 Å². The van der Waals surface area contributed by atoms with E-state index in [1.165, 1.54) is 6.07 Å². The van der Waals surface area contributed by atoms with Crippen molar-refractivity contribution in [1.29, 1.82) is 0 Å². The third-order valence-electron chi connectivity index (χ3n) is 10.5. The highest BCUT2D eigenvalue weighted by Gasteiger charge is 2.61. The highest BCUT2D eigenvalue weighted by Crippen LogP contribution is 2.65. The van der Waals surface area contributed by atoms with E-state index in [0.717, 1.165) is 82.5 Å². The van der Waals surface area contributed by atoms with E-state index in [9.17, 15) is 4.79 Å². The second-order valence-electron chi connectivity index (χ2n) is 13.0. The SMILES string of the molecule is COc1ncc(C23CCC(Cc4c(NC(=O)C56CC(C5)C6)ccc(F)c4-c4ccc5nc(C)sc5c4)(CC2)CO3)cn1. The van der Waals surface area contributed by atoms with Crippen molar-refractivity contribution in [3.05, 3.63) is 64.7 Å². The number of aryl methyl sites for hydroxylation is 1. The molecule has 2 saturated heterocycles. The molecule has 7 nitrogen and oxygen atoms in total. The van der Waals surface area contributed by atoms with Crippen molar-refractivity contribution < 1.29 is 18.7 Å². The summed E-state index contributed by atoms with van der Waals surface area (Å²) in [5.74, 6) is 0.505. The average molecular weight is 585 g/mol. The van der Waals surface area contributed by atoms with Gasteiger partial charge in [-0.05, 0) is 105 Å². The number of ether oxygens (including phenoxy) is 2. The van der Waals surface area contributed by atoms with Crippen LogP contribution in [0.5, 0.6) is 6.01 Å². The Labute approximate surface area is 247 Å². The zero-order chi connectivity index (χ0) is 28.7. The van der Waals surface area contributed by atoms with E-state index in [-0.39, 0.29) is 22.6 Å². The van der Waals surface area contributed by atoms with Crippen LogP contribution in [0.1, 0.15) is 61.1 Å². The molecule has 4 aromatic rings. The Morgan fingerprint density at radius 3 is 2.52 bits per heavy atom. The number of carbonyl (C=O) groups excluding carboxylic acids is 1. The summed E-state index contributed by atoms with van der Waals surface area (Å²) in [5.41, 5.74) is 4.07. The maximum atomic E-state index is 15.9. The Bertz CT molecular complexity index is 1690. The van der Waals surface area contributed by atoms with Crippen molar-refractivity contribution in [1.82, 2.24) is 15.0 Å². The van der Waals surface area contributed by atoms with Gasteiger partial charge in [0, 0.05) is 29.2 Å². The van der Waals surface area contributed by atoms with Gasteiger partial charge in [0.1, 0.15) is 5.82 Å². The monoisotopic (exact) mass is 584 g/mol. The molecule has 6 fully saturated rings. The molecule has 1 N–H and O–H groups in total. The van der Waals surface area contributed by atoms with Crippen molar-refractivity contribution in [3.8, 4) is 17.1 Å². The van der Waals surface area contributed by atoms with Gasteiger partial charge in [0.05, 0.1) is 40.0 Å². The second kappa shape index (κ2) is 9.28. The number of rotatable bonds is 7. The highest BCUT2D eigenvalue weighted by atomic mass is 32.1. The quantitative estimate of drug-likeness (QED) is 0.252. The normalized spacial score (nSPS) is 29.2. The highest BCUT2D eigenvalue weighted by molar-refractivity contribution is 7.18. The minimum Gasteiger partial charge on any atom is -0.467 e. The Balaban J connectivity index is 1.15. The van der Waals surface area contributed by atoms with Crippen LogP contribution in [-0.2, 0) is 21.6 Å². The molecule has 4 saturated carbocycles. The lowest BCUT2D eigenvalue weighted by molar-refractivity contribution is -0.189. The molecule has 216 valence electrons. The Morgan fingerprint density at radius 2 is 1.88 bits per heavy atom. The van der Waals surface area contributed by atoms with Crippen LogP contribution in [0, 0.1) is 29.5 Å². The predicted molar refractivity (Wildman–Crippen MR) is 159 cm³/mol. The first-order chi connectivity index (χ1) is 20.3. The number of nitrogens with one attached hydrogen (secondary N) is 1. The molecule has 6 aliphatic rings. The van der Waals surface area contributed by atoms with Gasteiger partial charge in [-0.3, -0.25) is 4.79 Å². The van der Waals surface area contributed by atoms with Gasteiger partial charge in [-0.25, -0.2) is 19.3 Å². The van der Waals surface area contributed by atoms with Gasteiger partial charge in [0.25, 0.3) is 0 Å². The molecule has 0 unspecified atom stereocenters. The number of hydrogen-bond donors (Lipinski definition) is 1. The van der Waals surface area contributed by atoms with Crippen molar-refractivity contribution in [3.63, 3.8) is 0 Å². The minimum atomic E-state index is -0.408. The first-order valence-corrected chi connectivity index (χ1v) is 15.6. The Morgan fingerprint density at radius 1 is 1.12 bits per heavy atom. The van der Waals surface area contributed by atoms with Gasteiger partial charge >= 0.3 is 6.01 Å². The largest absolute Gasteiger partial charge is 0.467 e. The van der Waals surface area contributed by atoms with Gasteiger partial charge in [-0.15, -0.1) is 11.3 Å². The zero-order valence-corrected chi connectivity index (χ0v) is 24.7. The first-order valence-electron chi connectivity index (χ1n) is 14.8. The smallest absolute Gasteiger partial charge is 0.316 e. The molecule has 2 aliphatic heterocycles. The van der Waals surface area contributed by atoms with Crippen LogP contribution in [0.3, 0.4) is 0 Å². The van der Waals surface area contributed by atoms with E-state index < -0.39 is 5.60 Å². The maximum Gasteiger partial charge on any atom is 0.316 e. The molecule has 4 aliphatic carbocycles. The van der Waals surface area contributed by atoms with Crippen LogP contribution < -0.4 is 10.1 Å². The van der Waals surface area contributed by atoms with E-state index in [2.05, 4.69) is 20.3 Å². The number of halogens is 1. The zero-order valence-electron chi connectivity index (χ0n) is 23.8. The van der Waals surface area contributed by atoms with Crippen LogP contribution in [0.2, 0.25) is 0 Å². The number of anilines is 1. The van der Waals surface area contributed by atoms with Crippen molar-refractivity contribution in [2.24, 2.45) is 16.7 Å². The van der Waals surface area contributed by atoms with Crippen LogP contribution >= 0.6 is 11.3 Å². The molecule has 4 heterocycles. The van der Waals surface area contributed by atoms with Gasteiger partial charge in [-0.2, -0.15) is 0 Å². The number of carbonyl (C=O) groups is 1. The molecule has 0 atom stereocenters. The number of hydrogen-bond acceptors (Lipinski definition) is 7. The van der Waals surface area contributed by atoms with Crippen LogP contribution in [0.25, 0.3) is 21.3 Å². The molecule has 1 amide bonds. The fourth-order valence-corrected chi connectivity index (χ4v) is 8.70. The lowest BCUT2D eigenvalue weighted by Gasteiger charge is -2.60. The topological polar surface area (TPSA) is 86.2 Å². The summed E-state index contributed by atoms with van der Waals surface area (Å²) in [7, 11) is 1.56. The summed E-state index contributed by atoms with van der Waals surface area (Å²) in [6.07, 6.45) is 10.7. The fourth-order valence-electron chi connectivity index (χ4n) is 7.83. The van der Waals surface area contributed by atoms with E-state index in [1.807, 2.05) is 37.5 Å². The number of aromatic nitrogens is 3. The number of fused-ring (bicyclic) bond motifs is 4. The van der Waals surface area contributed by atoms with E-state index >= 15 is 4.39 Å². The molecule has 4 bridgehead atoms. The second-order valence-corrected chi connectivity index (χ2v) is 14.2. The van der Waals surface area contributed by atoms with Gasteiger partial charge in [0.15, 0.2) is 0 Å². The number of benzene rings is 2. The molecule has 42 heavy (non-hydrogen) atoms. The standard InChI is InChI=1S/C33H33FN4O3S/c1-19-37-26-5-3-21(11-27(26)42-19)28-23(25(6-4-24(28)34)38-29(39)32-12-20(13-32)14-32)15-31-7-9-33(10-8-31,41-18-31)22-16-35-30(40-2)36-17-22/h3-6,11,16-17,20H,7-10,12-15,18H2,1-2H3,(H,38,39). The van der Waals surface area contributed by atoms with E-state index in [4.69, 9.17) is 9.47 Å². The molecule has 10 rings (SSSR count). The van der Waals surface area contributed by atoms with Crippen LogP contribution in [-0.4, -0.2) is 34.6 Å². The fraction of sp³-hybridized carbons (Fsp3) is 0.455. The number of amides is 1. The van der Waals surface area contributed by atoms with Gasteiger partial charge < -0.3 is 14.8 Å². The van der Waals surface area contributed by atoms with Gasteiger partial charge in [0.2, 0.25) is 5.91 Å². The first kappa shape index (κ1) is 26.2. The number of nitrogens with zero attached hydrogens (tertiary/aromatic N) is 3. The molecule has 9 heteroatoms. The maximum absolute atomic E-state index is 15.9. The summed E-state index contributed by atoms with van der Waals surface area (Å²) < 4.78 is 28.7. The Hall–Kier alpha value is -3.43. The van der Waals surface area contributed by atoms with Crippen LogP contribution in [0.15, 0.2) is 42.7 Å². The molecule has 0 radical (unpaired) electrons.